The second-order valence-electron chi connectivity index (χ2n) is 4.53. The van der Waals surface area contributed by atoms with E-state index in [0.29, 0.717) is 16.6 Å². The van der Waals surface area contributed by atoms with Crippen molar-refractivity contribution in [2.24, 2.45) is 0 Å². The van der Waals surface area contributed by atoms with Crippen LogP contribution >= 0.6 is 39.1 Å². The third kappa shape index (κ3) is 3.89. The number of hydrogen-bond donors (Lipinski definition) is 2. The molecule has 1 unspecified atom stereocenters. The molecule has 0 aromatic heterocycles. The van der Waals surface area contributed by atoms with Crippen molar-refractivity contribution in [3.05, 3.63) is 62.0 Å². The van der Waals surface area contributed by atoms with Gasteiger partial charge in [-0.25, -0.2) is 0 Å². The summed E-state index contributed by atoms with van der Waals surface area (Å²) >= 11 is 15.6. The van der Waals surface area contributed by atoms with E-state index in [1.807, 2.05) is 31.2 Å². The minimum Gasteiger partial charge on any atom is -0.387 e. The van der Waals surface area contributed by atoms with Crippen LogP contribution in [0.3, 0.4) is 0 Å². The van der Waals surface area contributed by atoms with E-state index in [2.05, 4.69) is 21.2 Å². The van der Waals surface area contributed by atoms with Gasteiger partial charge < -0.3 is 10.4 Å². The SMILES string of the molecule is Cc1cc(Cl)c(NCC(O)c2cccc(Br)c2)cc1Cl. The third-order valence-corrected chi connectivity index (χ3v) is 4.18. The van der Waals surface area contributed by atoms with Gasteiger partial charge in [0.2, 0.25) is 0 Å². The fraction of sp³-hybridized carbons (Fsp3) is 0.200. The van der Waals surface area contributed by atoms with E-state index >= 15 is 0 Å². The Labute approximate surface area is 136 Å². The molecule has 0 amide bonds. The fourth-order valence-corrected chi connectivity index (χ4v) is 2.69. The predicted molar refractivity (Wildman–Crippen MR) is 88.8 cm³/mol. The lowest BCUT2D eigenvalue weighted by molar-refractivity contribution is 0.191. The van der Waals surface area contributed by atoms with Gasteiger partial charge in [0, 0.05) is 16.0 Å². The minimum absolute atomic E-state index is 0.357. The predicted octanol–water partition coefficient (Wildman–Crippen LogP) is 5.21. The van der Waals surface area contributed by atoms with Crippen molar-refractivity contribution in [2.45, 2.75) is 13.0 Å². The van der Waals surface area contributed by atoms with Gasteiger partial charge in [0.25, 0.3) is 0 Å². The molecular weight excluding hydrogens is 361 g/mol. The van der Waals surface area contributed by atoms with Crippen LogP contribution < -0.4 is 5.32 Å². The first-order chi connectivity index (χ1) is 9.47. The van der Waals surface area contributed by atoms with E-state index in [9.17, 15) is 5.11 Å². The number of aliphatic hydroxyl groups excluding tert-OH is 1. The molecule has 0 aliphatic carbocycles. The van der Waals surface area contributed by atoms with E-state index in [1.54, 1.807) is 12.1 Å². The summed E-state index contributed by atoms with van der Waals surface area (Å²) in [6, 6.07) is 11.1. The number of anilines is 1. The zero-order valence-corrected chi connectivity index (χ0v) is 13.9. The number of nitrogens with one attached hydrogen (secondary N) is 1. The average molecular weight is 375 g/mol. The summed E-state index contributed by atoms with van der Waals surface area (Å²) in [5.41, 5.74) is 2.48. The van der Waals surface area contributed by atoms with E-state index in [0.717, 1.165) is 21.3 Å². The Bertz CT molecular complexity index is 619. The number of aryl methyl sites for hydroxylation is 1. The monoisotopic (exact) mass is 373 g/mol. The molecule has 0 aliphatic rings. The molecule has 0 saturated carbocycles. The van der Waals surface area contributed by atoms with E-state index < -0.39 is 6.10 Å². The summed E-state index contributed by atoms with van der Waals surface area (Å²) in [6.45, 7) is 2.25. The molecule has 0 heterocycles. The Kier molecular flexibility index (Phi) is 5.33. The number of aliphatic hydroxyl groups is 1. The standard InChI is InChI=1S/C15H14BrCl2NO/c1-9-5-13(18)14(7-12(9)17)19-8-15(20)10-3-2-4-11(16)6-10/h2-7,15,19-20H,8H2,1H3. The van der Waals surface area contributed by atoms with Gasteiger partial charge in [0.05, 0.1) is 16.8 Å². The van der Waals surface area contributed by atoms with E-state index in [1.165, 1.54) is 0 Å². The second kappa shape index (κ2) is 6.81. The van der Waals surface area contributed by atoms with Crippen LogP contribution in [0.25, 0.3) is 0 Å². The van der Waals surface area contributed by atoms with Crippen molar-refractivity contribution in [3.8, 4) is 0 Å². The molecule has 1 atom stereocenters. The van der Waals surface area contributed by atoms with Crippen LogP contribution in [0.2, 0.25) is 10.0 Å². The highest BCUT2D eigenvalue weighted by Crippen LogP contribution is 2.29. The summed E-state index contributed by atoms with van der Waals surface area (Å²) in [4.78, 5) is 0. The van der Waals surface area contributed by atoms with Crippen LogP contribution in [-0.2, 0) is 0 Å². The fourth-order valence-electron chi connectivity index (χ4n) is 1.82. The van der Waals surface area contributed by atoms with Crippen LogP contribution in [0, 0.1) is 6.92 Å². The van der Waals surface area contributed by atoms with Crippen molar-refractivity contribution < 1.29 is 5.11 Å². The largest absolute Gasteiger partial charge is 0.387 e. The van der Waals surface area contributed by atoms with Crippen LogP contribution in [-0.4, -0.2) is 11.7 Å². The van der Waals surface area contributed by atoms with Gasteiger partial charge in [-0.1, -0.05) is 51.3 Å². The van der Waals surface area contributed by atoms with E-state index in [4.69, 9.17) is 23.2 Å². The number of rotatable bonds is 4. The van der Waals surface area contributed by atoms with Gasteiger partial charge in [-0.2, -0.15) is 0 Å². The smallest absolute Gasteiger partial charge is 0.0962 e. The molecule has 0 saturated heterocycles. The summed E-state index contributed by atoms with van der Waals surface area (Å²) in [7, 11) is 0. The van der Waals surface area contributed by atoms with Gasteiger partial charge in [-0.3, -0.25) is 0 Å². The van der Waals surface area contributed by atoms with Gasteiger partial charge >= 0.3 is 0 Å². The first-order valence-electron chi connectivity index (χ1n) is 6.10. The van der Waals surface area contributed by atoms with Crippen LogP contribution in [0.15, 0.2) is 40.9 Å². The number of benzene rings is 2. The van der Waals surface area contributed by atoms with Crippen LogP contribution in [0.1, 0.15) is 17.2 Å². The molecule has 5 heteroatoms. The Morgan fingerprint density at radius 2 is 1.95 bits per heavy atom. The number of hydrogen-bond acceptors (Lipinski definition) is 2. The summed E-state index contributed by atoms with van der Waals surface area (Å²) in [6.07, 6.45) is -0.622. The van der Waals surface area contributed by atoms with Gasteiger partial charge in [-0.15, -0.1) is 0 Å². The van der Waals surface area contributed by atoms with Crippen molar-refractivity contribution in [1.82, 2.24) is 0 Å². The molecule has 0 aliphatic heterocycles. The zero-order valence-electron chi connectivity index (χ0n) is 10.8. The lowest BCUT2D eigenvalue weighted by Crippen LogP contribution is -2.12. The van der Waals surface area contributed by atoms with E-state index in [-0.39, 0.29) is 0 Å². The minimum atomic E-state index is -0.622. The van der Waals surface area contributed by atoms with Crippen molar-refractivity contribution in [3.63, 3.8) is 0 Å². The molecule has 2 aromatic carbocycles. The highest BCUT2D eigenvalue weighted by atomic mass is 79.9. The number of halogens is 3. The topological polar surface area (TPSA) is 32.3 Å². The molecule has 0 spiro atoms. The molecule has 2 nitrogen and oxygen atoms in total. The molecule has 20 heavy (non-hydrogen) atoms. The molecule has 0 bridgehead atoms. The maximum absolute atomic E-state index is 10.2. The first kappa shape index (κ1) is 15.6. The first-order valence-corrected chi connectivity index (χ1v) is 7.65. The summed E-state index contributed by atoms with van der Waals surface area (Å²) < 4.78 is 0.936. The molecular formula is C15H14BrCl2NO. The maximum Gasteiger partial charge on any atom is 0.0962 e. The lowest BCUT2D eigenvalue weighted by Gasteiger charge is -2.15. The quantitative estimate of drug-likeness (QED) is 0.769. The van der Waals surface area contributed by atoms with Gasteiger partial charge in [-0.05, 0) is 42.3 Å². The Hall–Kier alpha value is -0.740. The molecule has 0 radical (unpaired) electrons. The van der Waals surface area contributed by atoms with Crippen molar-refractivity contribution in [1.29, 1.82) is 0 Å². The molecule has 2 rings (SSSR count). The Morgan fingerprint density at radius 1 is 1.20 bits per heavy atom. The molecule has 2 N–H and O–H groups in total. The lowest BCUT2D eigenvalue weighted by atomic mass is 10.1. The zero-order chi connectivity index (χ0) is 14.7. The maximum atomic E-state index is 10.2. The van der Waals surface area contributed by atoms with Crippen molar-refractivity contribution >= 4 is 44.8 Å². The summed E-state index contributed by atoms with van der Waals surface area (Å²) in [5.74, 6) is 0. The normalized spacial score (nSPS) is 12.2. The molecule has 106 valence electrons. The average Bonchev–Trinajstić information content (AvgIpc) is 2.41. The van der Waals surface area contributed by atoms with Crippen molar-refractivity contribution in [2.75, 3.05) is 11.9 Å². The highest BCUT2D eigenvalue weighted by molar-refractivity contribution is 9.10. The second-order valence-corrected chi connectivity index (χ2v) is 6.26. The van der Waals surface area contributed by atoms with Gasteiger partial charge in [0.15, 0.2) is 0 Å². The molecule has 2 aromatic rings. The molecule has 0 fully saturated rings. The van der Waals surface area contributed by atoms with Crippen LogP contribution in [0.4, 0.5) is 5.69 Å². The highest BCUT2D eigenvalue weighted by Gasteiger charge is 2.10. The summed E-state index contributed by atoms with van der Waals surface area (Å²) in [5, 5.41) is 14.5. The Morgan fingerprint density at radius 3 is 2.65 bits per heavy atom. The van der Waals surface area contributed by atoms with Crippen LogP contribution in [0.5, 0.6) is 0 Å². The van der Waals surface area contributed by atoms with Gasteiger partial charge in [0.1, 0.15) is 0 Å². The Balaban J connectivity index is 2.07. The third-order valence-electron chi connectivity index (χ3n) is 2.97.